The van der Waals surface area contributed by atoms with E-state index in [9.17, 15) is 14.4 Å². The maximum absolute atomic E-state index is 11.0. The number of amides is 3. The first-order valence-corrected chi connectivity index (χ1v) is 4.24. The molecular formula is C6H7BrN2O3. The Bertz CT molecular complexity index is 237. The van der Waals surface area contributed by atoms with Crippen LogP contribution in [0.5, 0.6) is 0 Å². The topological polar surface area (TPSA) is 80.5 Å². The van der Waals surface area contributed by atoms with E-state index in [1.165, 1.54) is 0 Å². The highest BCUT2D eigenvalue weighted by Gasteiger charge is 2.36. The third-order valence-electron chi connectivity index (χ3n) is 1.55. The Hall–Kier alpha value is -0.910. The molecule has 1 aliphatic rings. The maximum atomic E-state index is 11.0. The summed E-state index contributed by atoms with van der Waals surface area (Å²) in [5.41, 5.74) is 4.91. The van der Waals surface area contributed by atoms with Gasteiger partial charge in [0.15, 0.2) is 4.95 Å². The Labute approximate surface area is 77.0 Å². The van der Waals surface area contributed by atoms with Gasteiger partial charge in [0.1, 0.15) is 0 Å². The number of alkyl halides is 1. The van der Waals surface area contributed by atoms with Crippen LogP contribution in [-0.4, -0.2) is 27.6 Å². The van der Waals surface area contributed by atoms with Crippen LogP contribution in [0.15, 0.2) is 0 Å². The molecule has 12 heavy (non-hydrogen) atoms. The number of primary amides is 1. The van der Waals surface area contributed by atoms with E-state index in [1.807, 2.05) is 0 Å². The minimum absolute atomic E-state index is 0.161. The van der Waals surface area contributed by atoms with E-state index < -0.39 is 10.9 Å². The van der Waals surface area contributed by atoms with Gasteiger partial charge in [0.2, 0.25) is 11.8 Å². The minimum Gasteiger partial charge on any atom is -0.367 e. The first-order valence-electron chi connectivity index (χ1n) is 3.32. The number of halogens is 1. The van der Waals surface area contributed by atoms with Crippen LogP contribution in [0, 0.1) is 0 Å². The van der Waals surface area contributed by atoms with Crippen LogP contribution in [0.25, 0.3) is 0 Å². The minimum atomic E-state index is -1.00. The first-order chi connectivity index (χ1) is 5.54. The van der Waals surface area contributed by atoms with Crippen LogP contribution in [0.3, 0.4) is 0 Å². The third kappa shape index (κ3) is 1.47. The highest BCUT2D eigenvalue weighted by atomic mass is 79.9. The van der Waals surface area contributed by atoms with Gasteiger partial charge in [-0.05, 0) is 0 Å². The van der Waals surface area contributed by atoms with Crippen LogP contribution >= 0.6 is 15.9 Å². The molecule has 0 spiro atoms. The third-order valence-corrected chi connectivity index (χ3v) is 2.41. The molecule has 5 nitrogen and oxygen atoms in total. The molecule has 1 fully saturated rings. The molecule has 1 heterocycles. The van der Waals surface area contributed by atoms with Crippen molar-refractivity contribution in [1.82, 2.24) is 4.90 Å². The number of rotatable bonds is 2. The lowest BCUT2D eigenvalue weighted by Crippen LogP contribution is -2.43. The van der Waals surface area contributed by atoms with Crippen LogP contribution in [0.1, 0.15) is 12.8 Å². The molecule has 1 unspecified atom stereocenters. The number of carbonyl (C=O) groups is 3. The summed E-state index contributed by atoms with van der Waals surface area (Å²) in [6.45, 7) is 0. The van der Waals surface area contributed by atoms with Gasteiger partial charge in [0, 0.05) is 12.8 Å². The number of hydrogen-bond acceptors (Lipinski definition) is 3. The maximum Gasteiger partial charge on any atom is 0.251 e. The van der Waals surface area contributed by atoms with E-state index >= 15 is 0 Å². The van der Waals surface area contributed by atoms with Gasteiger partial charge in [0.25, 0.3) is 5.91 Å². The fourth-order valence-corrected chi connectivity index (χ4v) is 1.43. The molecule has 66 valence electrons. The van der Waals surface area contributed by atoms with E-state index in [4.69, 9.17) is 5.73 Å². The summed E-state index contributed by atoms with van der Waals surface area (Å²) in [4.78, 5) is 32.5. The van der Waals surface area contributed by atoms with Gasteiger partial charge in [0.05, 0.1) is 0 Å². The SMILES string of the molecule is NC(=O)C(Br)N1C(=O)CCC1=O. The van der Waals surface area contributed by atoms with E-state index in [-0.39, 0.29) is 24.7 Å². The van der Waals surface area contributed by atoms with Gasteiger partial charge in [-0.3, -0.25) is 19.3 Å². The summed E-state index contributed by atoms with van der Waals surface area (Å²) < 4.78 is 0. The average molecular weight is 235 g/mol. The van der Waals surface area contributed by atoms with Gasteiger partial charge < -0.3 is 5.73 Å². The highest BCUT2D eigenvalue weighted by molar-refractivity contribution is 9.10. The number of imide groups is 1. The number of carbonyl (C=O) groups excluding carboxylic acids is 3. The monoisotopic (exact) mass is 234 g/mol. The lowest BCUT2D eigenvalue weighted by Gasteiger charge is -2.16. The van der Waals surface area contributed by atoms with Gasteiger partial charge in [-0.25, -0.2) is 0 Å². The van der Waals surface area contributed by atoms with Crippen LogP contribution in [0.2, 0.25) is 0 Å². The molecular weight excluding hydrogens is 228 g/mol. The Kier molecular flexibility index (Phi) is 2.46. The number of likely N-dealkylation sites (tertiary alicyclic amines) is 1. The van der Waals surface area contributed by atoms with Crippen molar-refractivity contribution < 1.29 is 14.4 Å². The van der Waals surface area contributed by atoms with Gasteiger partial charge >= 0.3 is 0 Å². The smallest absolute Gasteiger partial charge is 0.251 e. The zero-order chi connectivity index (χ0) is 9.30. The van der Waals surface area contributed by atoms with Crippen molar-refractivity contribution in [2.24, 2.45) is 5.73 Å². The van der Waals surface area contributed by atoms with Crippen molar-refractivity contribution in [3.63, 3.8) is 0 Å². The summed E-state index contributed by atoms with van der Waals surface area (Å²) >= 11 is 2.86. The summed E-state index contributed by atoms with van der Waals surface area (Å²) in [6.07, 6.45) is 0.322. The van der Waals surface area contributed by atoms with Crippen molar-refractivity contribution >= 4 is 33.7 Å². The summed E-state index contributed by atoms with van der Waals surface area (Å²) in [5, 5.41) is 0. The second-order valence-electron chi connectivity index (χ2n) is 2.40. The van der Waals surface area contributed by atoms with Gasteiger partial charge in [-0.1, -0.05) is 15.9 Å². The van der Waals surface area contributed by atoms with E-state index in [1.54, 1.807) is 0 Å². The predicted octanol–water partition coefficient (Wildman–Crippen LogP) is -0.658. The Balaban J connectivity index is 2.79. The second kappa shape index (κ2) is 3.22. The van der Waals surface area contributed by atoms with Crippen molar-refractivity contribution in [2.45, 2.75) is 17.8 Å². The largest absolute Gasteiger partial charge is 0.367 e. The Morgan fingerprint density at radius 3 is 2.17 bits per heavy atom. The van der Waals surface area contributed by atoms with Crippen LogP contribution in [-0.2, 0) is 14.4 Å². The van der Waals surface area contributed by atoms with Crippen LogP contribution < -0.4 is 5.73 Å². The number of hydrogen-bond donors (Lipinski definition) is 1. The van der Waals surface area contributed by atoms with Gasteiger partial charge in [-0.15, -0.1) is 0 Å². The summed E-state index contributed by atoms with van der Waals surface area (Å²) in [5.74, 6) is -1.46. The van der Waals surface area contributed by atoms with Crippen LogP contribution in [0.4, 0.5) is 0 Å². The molecule has 0 aromatic heterocycles. The quantitative estimate of drug-likeness (QED) is 0.392. The average Bonchev–Trinajstić information content (AvgIpc) is 2.30. The van der Waals surface area contributed by atoms with Crippen molar-refractivity contribution in [2.75, 3.05) is 0 Å². The molecule has 3 amide bonds. The summed E-state index contributed by atoms with van der Waals surface area (Å²) in [6, 6.07) is 0. The number of nitrogens with zero attached hydrogens (tertiary/aromatic N) is 1. The predicted molar refractivity (Wildman–Crippen MR) is 43.0 cm³/mol. The first kappa shape index (κ1) is 9.18. The van der Waals surface area contributed by atoms with E-state index in [2.05, 4.69) is 15.9 Å². The zero-order valence-corrected chi connectivity index (χ0v) is 7.70. The molecule has 1 rings (SSSR count). The standard InChI is InChI=1S/C6H7BrN2O3/c7-5(6(8)12)9-3(10)1-2-4(9)11/h5H,1-2H2,(H2,8,12). The molecule has 0 aromatic carbocycles. The second-order valence-corrected chi connectivity index (χ2v) is 3.26. The lowest BCUT2D eigenvalue weighted by molar-refractivity contribution is -0.142. The van der Waals surface area contributed by atoms with Crippen molar-refractivity contribution in [1.29, 1.82) is 0 Å². The molecule has 1 atom stereocenters. The summed E-state index contributed by atoms with van der Waals surface area (Å²) in [7, 11) is 0. The Morgan fingerprint density at radius 1 is 1.42 bits per heavy atom. The molecule has 1 saturated heterocycles. The zero-order valence-electron chi connectivity index (χ0n) is 6.12. The normalized spacial score (nSPS) is 19.9. The Morgan fingerprint density at radius 2 is 1.83 bits per heavy atom. The lowest BCUT2D eigenvalue weighted by atomic mass is 10.4. The van der Waals surface area contributed by atoms with Crippen molar-refractivity contribution in [3.05, 3.63) is 0 Å². The molecule has 0 aliphatic carbocycles. The van der Waals surface area contributed by atoms with Gasteiger partial charge in [-0.2, -0.15) is 0 Å². The van der Waals surface area contributed by atoms with E-state index in [0.29, 0.717) is 0 Å². The fraction of sp³-hybridized carbons (Fsp3) is 0.500. The van der Waals surface area contributed by atoms with Crippen molar-refractivity contribution in [3.8, 4) is 0 Å². The molecule has 0 saturated carbocycles. The molecule has 1 aliphatic heterocycles. The molecule has 0 bridgehead atoms. The molecule has 6 heteroatoms. The number of nitrogens with two attached hydrogens (primary N) is 1. The molecule has 2 N–H and O–H groups in total. The van der Waals surface area contributed by atoms with E-state index in [0.717, 1.165) is 4.90 Å². The molecule has 0 radical (unpaired) electrons. The fourth-order valence-electron chi connectivity index (χ4n) is 0.974. The molecule has 0 aromatic rings. The highest BCUT2D eigenvalue weighted by Crippen LogP contribution is 2.18.